The molecule has 1 aromatic carbocycles. The van der Waals surface area contributed by atoms with Crippen LogP contribution in [0.1, 0.15) is 26.2 Å². The number of carboxylic acids is 1. The van der Waals surface area contributed by atoms with Crippen LogP contribution in [-0.4, -0.2) is 36.9 Å². The summed E-state index contributed by atoms with van der Waals surface area (Å²) < 4.78 is 39.0. The predicted octanol–water partition coefficient (Wildman–Crippen LogP) is 2.09. The maximum Gasteiger partial charge on any atom is 0.311 e. The van der Waals surface area contributed by atoms with Gasteiger partial charge in [-0.2, -0.15) is 4.31 Å². The van der Waals surface area contributed by atoms with Gasteiger partial charge in [-0.15, -0.1) is 0 Å². The zero-order valence-corrected chi connectivity index (χ0v) is 12.6. The largest absolute Gasteiger partial charge is 0.481 e. The minimum Gasteiger partial charge on any atom is -0.481 e. The van der Waals surface area contributed by atoms with Crippen LogP contribution < -0.4 is 0 Å². The number of hydrogen-bond donors (Lipinski definition) is 1. The van der Waals surface area contributed by atoms with E-state index in [0.29, 0.717) is 19.3 Å². The fraction of sp³-hybridized carbons (Fsp3) is 0.500. The molecule has 116 valence electrons. The highest BCUT2D eigenvalue weighted by molar-refractivity contribution is 7.89. The Labute approximate surface area is 123 Å². The molecule has 1 fully saturated rings. The molecule has 2 rings (SSSR count). The molecule has 0 aliphatic carbocycles. The molecule has 1 aliphatic heterocycles. The second-order valence-electron chi connectivity index (χ2n) is 5.38. The van der Waals surface area contributed by atoms with E-state index in [-0.39, 0.29) is 18.0 Å². The van der Waals surface area contributed by atoms with Gasteiger partial charge in [0.05, 0.1) is 10.3 Å². The number of hydrogen-bond acceptors (Lipinski definition) is 3. The summed E-state index contributed by atoms with van der Waals surface area (Å²) in [5.74, 6) is -1.47. The Balaban J connectivity index is 2.27. The van der Waals surface area contributed by atoms with E-state index in [9.17, 15) is 22.7 Å². The average molecular weight is 315 g/mol. The molecule has 7 heteroatoms. The highest BCUT2D eigenvalue weighted by Crippen LogP contribution is 2.38. The fourth-order valence-electron chi connectivity index (χ4n) is 2.76. The van der Waals surface area contributed by atoms with E-state index in [1.807, 2.05) is 6.92 Å². The van der Waals surface area contributed by atoms with Crippen molar-refractivity contribution in [1.29, 1.82) is 0 Å². The maximum absolute atomic E-state index is 12.9. The zero-order chi connectivity index (χ0) is 15.7. The highest BCUT2D eigenvalue weighted by atomic mass is 32.2. The van der Waals surface area contributed by atoms with Crippen molar-refractivity contribution in [3.05, 3.63) is 30.1 Å². The van der Waals surface area contributed by atoms with Crippen molar-refractivity contribution in [2.75, 3.05) is 13.1 Å². The van der Waals surface area contributed by atoms with Gasteiger partial charge in [0.2, 0.25) is 10.0 Å². The lowest BCUT2D eigenvalue weighted by atomic mass is 9.83. The topological polar surface area (TPSA) is 74.7 Å². The van der Waals surface area contributed by atoms with Crippen LogP contribution in [0.5, 0.6) is 0 Å². The second kappa shape index (κ2) is 5.73. The lowest BCUT2D eigenvalue weighted by Crippen LogP contribution is -2.36. The second-order valence-corrected chi connectivity index (χ2v) is 7.32. The van der Waals surface area contributed by atoms with Gasteiger partial charge >= 0.3 is 5.97 Å². The minimum atomic E-state index is -3.78. The first-order valence-electron chi connectivity index (χ1n) is 6.81. The molecule has 0 aromatic heterocycles. The van der Waals surface area contributed by atoms with Crippen LogP contribution in [0.15, 0.2) is 29.2 Å². The summed E-state index contributed by atoms with van der Waals surface area (Å²) in [6.07, 6.45) is 1.42. The smallest absolute Gasteiger partial charge is 0.311 e. The van der Waals surface area contributed by atoms with E-state index in [0.717, 1.165) is 12.1 Å². The first-order chi connectivity index (χ1) is 9.82. The van der Waals surface area contributed by atoms with Crippen molar-refractivity contribution in [1.82, 2.24) is 4.31 Å². The van der Waals surface area contributed by atoms with Crippen LogP contribution in [0.2, 0.25) is 0 Å². The molecule has 1 aromatic rings. The quantitative estimate of drug-likeness (QED) is 0.903. The molecule has 0 saturated carbocycles. The van der Waals surface area contributed by atoms with Gasteiger partial charge in [0.25, 0.3) is 0 Å². The molecule has 0 amide bonds. The van der Waals surface area contributed by atoms with Gasteiger partial charge in [0.15, 0.2) is 0 Å². The Morgan fingerprint density at radius 1 is 1.38 bits per heavy atom. The van der Waals surface area contributed by atoms with Crippen molar-refractivity contribution in [3.63, 3.8) is 0 Å². The van der Waals surface area contributed by atoms with E-state index in [2.05, 4.69) is 0 Å². The van der Waals surface area contributed by atoms with Crippen LogP contribution in [-0.2, 0) is 14.8 Å². The van der Waals surface area contributed by atoms with Crippen LogP contribution in [0.4, 0.5) is 4.39 Å². The van der Waals surface area contributed by atoms with Gasteiger partial charge in [0, 0.05) is 13.1 Å². The Kier molecular flexibility index (Phi) is 4.34. The summed E-state index contributed by atoms with van der Waals surface area (Å²) in [5, 5.41) is 9.41. The van der Waals surface area contributed by atoms with Gasteiger partial charge < -0.3 is 5.11 Å². The summed E-state index contributed by atoms with van der Waals surface area (Å²) in [7, 11) is -3.78. The Morgan fingerprint density at radius 2 is 2.00 bits per heavy atom. The number of sulfonamides is 1. The molecule has 1 atom stereocenters. The van der Waals surface area contributed by atoms with E-state index in [1.54, 1.807) is 0 Å². The number of benzene rings is 1. The van der Waals surface area contributed by atoms with E-state index >= 15 is 0 Å². The normalized spacial score (nSPS) is 23.3. The van der Waals surface area contributed by atoms with Crippen molar-refractivity contribution >= 4 is 16.0 Å². The molecule has 0 bridgehead atoms. The molecule has 0 radical (unpaired) electrons. The lowest BCUT2D eigenvalue weighted by molar-refractivity contribution is -0.148. The molecule has 1 aliphatic rings. The average Bonchev–Trinajstić information content (AvgIpc) is 2.86. The lowest BCUT2D eigenvalue weighted by Gasteiger charge is -2.24. The Bertz CT molecular complexity index is 629. The van der Waals surface area contributed by atoms with E-state index in [4.69, 9.17) is 0 Å². The summed E-state index contributed by atoms with van der Waals surface area (Å²) in [6.45, 7) is 2.02. The van der Waals surface area contributed by atoms with Gasteiger partial charge in [-0.25, -0.2) is 12.8 Å². The third-order valence-corrected chi connectivity index (χ3v) is 5.81. The monoisotopic (exact) mass is 315 g/mol. The predicted molar refractivity (Wildman–Crippen MR) is 74.8 cm³/mol. The SMILES string of the molecule is CCCC1(C(=O)O)CCN(S(=O)(=O)c2ccc(F)cc2)C1. The standard InChI is InChI=1S/C14H18FNO4S/c1-2-7-14(13(17)18)8-9-16(10-14)21(19,20)12-5-3-11(15)4-6-12/h3-6H,2,7-10H2,1H3,(H,17,18). The number of carbonyl (C=O) groups is 1. The van der Waals surface area contributed by atoms with Crippen LogP contribution in [0.3, 0.4) is 0 Å². The maximum atomic E-state index is 12.9. The number of rotatable bonds is 5. The molecule has 0 spiro atoms. The van der Waals surface area contributed by atoms with Crippen molar-refractivity contribution in [2.45, 2.75) is 31.1 Å². The van der Waals surface area contributed by atoms with Gasteiger partial charge in [-0.1, -0.05) is 13.3 Å². The Morgan fingerprint density at radius 3 is 2.52 bits per heavy atom. The van der Waals surface area contributed by atoms with Gasteiger partial charge in [0.1, 0.15) is 5.82 Å². The molecule has 1 heterocycles. The highest BCUT2D eigenvalue weighted by Gasteiger charge is 2.47. The summed E-state index contributed by atoms with van der Waals surface area (Å²) in [4.78, 5) is 11.5. The molecular weight excluding hydrogens is 297 g/mol. The van der Waals surface area contributed by atoms with Crippen molar-refractivity contribution in [2.24, 2.45) is 5.41 Å². The number of carboxylic acid groups (broad SMARTS) is 1. The molecular formula is C14H18FNO4S. The summed E-state index contributed by atoms with van der Waals surface area (Å²) in [5.41, 5.74) is -1.01. The fourth-order valence-corrected chi connectivity index (χ4v) is 4.29. The van der Waals surface area contributed by atoms with Crippen molar-refractivity contribution < 1.29 is 22.7 Å². The summed E-state index contributed by atoms with van der Waals surface area (Å²) in [6, 6.07) is 4.56. The number of aliphatic carboxylic acids is 1. The van der Waals surface area contributed by atoms with E-state index < -0.39 is 27.2 Å². The molecule has 1 N–H and O–H groups in total. The van der Waals surface area contributed by atoms with Crippen LogP contribution in [0.25, 0.3) is 0 Å². The molecule has 5 nitrogen and oxygen atoms in total. The van der Waals surface area contributed by atoms with Crippen LogP contribution >= 0.6 is 0 Å². The first-order valence-corrected chi connectivity index (χ1v) is 8.25. The third-order valence-electron chi connectivity index (χ3n) is 3.95. The molecule has 21 heavy (non-hydrogen) atoms. The zero-order valence-electron chi connectivity index (χ0n) is 11.8. The van der Waals surface area contributed by atoms with Crippen molar-refractivity contribution in [3.8, 4) is 0 Å². The molecule has 1 saturated heterocycles. The number of halogens is 1. The Hall–Kier alpha value is -1.47. The van der Waals surface area contributed by atoms with Gasteiger partial charge in [-0.05, 0) is 37.1 Å². The third kappa shape index (κ3) is 2.94. The summed E-state index contributed by atoms with van der Waals surface area (Å²) >= 11 is 0. The van der Waals surface area contributed by atoms with Crippen LogP contribution in [0, 0.1) is 11.2 Å². The first kappa shape index (κ1) is 15.9. The minimum absolute atomic E-state index is 0.0124. The molecule has 1 unspecified atom stereocenters. The number of nitrogens with zero attached hydrogens (tertiary/aromatic N) is 1. The van der Waals surface area contributed by atoms with E-state index in [1.165, 1.54) is 16.4 Å². The van der Waals surface area contributed by atoms with Gasteiger partial charge in [-0.3, -0.25) is 4.79 Å².